The van der Waals surface area contributed by atoms with E-state index in [4.69, 9.17) is 9.16 Å². The van der Waals surface area contributed by atoms with Crippen molar-refractivity contribution in [2.75, 3.05) is 50.0 Å². The summed E-state index contributed by atoms with van der Waals surface area (Å²) in [4.78, 5) is 28.3. The molecule has 2 aromatic heterocycles. The van der Waals surface area contributed by atoms with Crippen LogP contribution in [0.5, 0.6) is 0 Å². The first kappa shape index (κ1) is 55.1. The van der Waals surface area contributed by atoms with Gasteiger partial charge in [-0.1, -0.05) is 100 Å². The summed E-state index contributed by atoms with van der Waals surface area (Å²) in [7, 11) is -2.05. The van der Waals surface area contributed by atoms with E-state index in [1.807, 2.05) is 69.3 Å². The van der Waals surface area contributed by atoms with Crippen LogP contribution in [0, 0.1) is 11.8 Å². The lowest BCUT2D eigenvalue weighted by Crippen LogP contribution is -2.43. The normalized spacial score (nSPS) is 18.5. The second-order valence-corrected chi connectivity index (χ2v) is 26.0. The molecule has 2 fully saturated rings. The molecule has 2 amide bonds. The zero-order chi connectivity index (χ0) is 54.0. The third kappa shape index (κ3) is 12.8. The summed E-state index contributed by atoms with van der Waals surface area (Å²) < 4.78 is 90.3. The lowest BCUT2D eigenvalue weighted by Gasteiger charge is -2.37. The summed E-state index contributed by atoms with van der Waals surface area (Å²) in [5, 5.41) is 37.1. The van der Waals surface area contributed by atoms with E-state index in [1.165, 1.54) is 30.3 Å². The fourth-order valence-corrected chi connectivity index (χ4v) is 9.64. The number of hydrogen-bond acceptors (Lipinski definition) is 11. The predicted molar refractivity (Wildman–Crippen MR) is 277 cm³/mol. The minimum atomic E-state index is -4.42. The molecule has 0 saturated carbocycles. The third-order valence-corrected chi connectivity index (χ3v) is 18.2. The number of fused-ring (bicyclic) bond motifs is 2. The van der Waals surface area contributed by atoms with E-state index in [9.17, 15) is 41.0 Å². The number of benzene rings is 4. The van der Waals surface area contributed by atoms with Gasteiger partial charge >= 0.3 is 18.4 Å². The quantitative estimate of drug-likeness (QED) is 0.0645. The molecule has 4 aromatic carbocycles. The number of nitrogens with zero attached hydrogens (tertiary/aromatic N) is 6. The molecule has 6 aromatic rings. The molecule has 2 aliphatic rings. The minimum absolute atomic E-state index is 0.0261. The number of hydrogen-bond donors (Lipinski definition) is 3. The second-order valence-electron chi connectivity index (χ2n) is 21.1. The Morgan fingerprint density at radius 1 is 0.649 bits per heavy atom. The number of alkyl halides is 6. The highest BCUT2D eigenvalue weighted by molar-refractivity contribution is 6.74. The molecule has 13 nitrogen and oxygen atoms in total. The Morgan fingerprint density at radius 2 is 1.07 bits per heavy atom. The van der Waals surface area contributed by atoms with Crippen LogP contribution in [0.25, 0.3) is 44.1 Å². The average Bonchev–Trinajstić information content (AvgIpc) is 3.96. The molecule has 74 heavy (non-hydrogen) atoms. The predicted octanol–water partition coefficient (Wildman–Crippen LogP) is 11.7. The first-order chi connectivity index (χ1) is 34.7. The Hall–Kier alpha value is -6.64. The number of nitrogens with one attached hydrogen (secondary N) is 2. The molecular formula is C54H62F6N8O5Si. The van der Waals surface area contributed by atoms with Gasteiger partial charge < -0.3 is 34.7 Å². The van der Waals surface area contributed by atoms with E-state index in [0.717, 1.165) is 45.8 Å². The molecule has 0 unspecified atom stereocenters. The summed E-state index contributed by atoms with van der Waals surface area (Å²) >= 11 is 0. The molecule has 394 valence electrons. The fourth-order valence-electron chi connectivity index (χ4n) is 8.57. The second kappa shape index (κ2) is 21.7. The molecule has 0 bridgehead atoms. The standard InChI is InChI=1S/C31H41F3N4O3Si.C23H21F3N4O2/c1-29(2,3)41-28(39)38-17-21(19-40-42(7,8)30(4,5)6)25(18-38)35-27-24-12-10-9-11-23(24)26(36-37-27)20-13-15-22(16-14-20)31(32,33)34;1-2-20(32)30-11-15(13-31)19(12-30)27-22-18-6-4-3-5-17(18)21(28-29-22)14-7-9-16(10-8-14)23(24,25)26/h9-16,21,25H,17-19H2,1-8H3,(H,35,37);2-10,15,19,31H,1,11-13H2,(H,27,29)/t21-,25-;15-,19-/m11/s1. The summed E-state index contributed by atoms with van der Waals surface area (Å²) in [5.41, 5.74) is -0.0555. The molecule has 0 radical (unpaired) electrons. The zero-order valence-corrected chi connectivity index (χ0v) is 43.6. The number of carbonyl (C=O) groups is 2. The van der Waals surface area contributed by atoms with Crippen molar-refractivity contribution in [3.05, 3.63) is 121 Å². The van der Waals surface area contributed by atoms with Crippen molar-refractivity contribution in [3.8, 4) is 22.5 Å². The molecule has 0 spiro atoms. The molecule has 3 N–H and O–H groups in total. The lowest BCUT2D eigenvalue weighted by atomic mass is 10.0. The van der Waals surface area contributed by atoms with E-state index in [0.29, 0.717) is 66.9 Å². The van der Waals surface area contributed by atoms with Crippen LogP contribution in [0.15, 0.2) is 110 Å². The number of anilines is 2. The maximum Gasteiger partial charge on any atom is 0.416 e. The van der Waals surface area contributed by atoms with Crippen LogP contribution in [-0.2, 0) is 26.3 Å². The van der Waals surface area contributed by atoms with Crippen molar-refractivity contribution >= 4 is 53.5 Å². The number of ether oxygens (including phenoxy) is 1. The number of aliphatic hydroxyl groups is 1. The number of aliphatic hydroxyl groups excluding tert-OH is 1. The van der Waals surface area contributed by atoms with E-state index >= 15 is 0 Å². The van der Waals surface area contributed by atoms with Crippen LogP contribution in [0.2, 0.25) is 18.1 Å². The van der Waals surface area contributed by atoms with Crippen molar-refractivity contribution in [2.24, 2.45) is 11.8 Å². The zero-order valence-electron chi connectivity index (χ0n) is 42.6. The van der Waals surface area contributed by atoms with Crippen molar-refractivity contribution in [1.29, 1.82) is 0 Å². The summed E-state index contributed by atoms with van der Waals surface area (Å²) in [6, 6.07) is 24.1. The molecule has 4 atom stereocenters. The van der Waals surface area contributed by atoms with Crippen molar-refractivity contribution in [2.45, 2.75) is 89.7 Å². The molecule has 4 heterocycles. The van der Waals surface area contributed by atoms with Gasteiger partial charge in [0.05, 0.1) is 23.2 Å². The van der Waals surface area contributed by atoms with E-state index in [1.54, 1.807) is 9.80 Å². The largest absolute Gasteiger partial charge is 0.444 e. The summed E-state index contributed by atoms with van der Waals surface area (Å²) in [5.74, 6) is 0.597. The van der Waals surface area contributed by atoms with Crippen LogP contribution in [0.4, 0.5) is 42.8 Å². The van der Waals surface area contributed by atoms with Crippen molar-refractivity contribution in [1.82, 2.24) is 30.2 Å². The Morgan fingerprint density at radius 3 is 1.47 bits per heavy atom. The first-order valence-electron chi connectivity index (χ1n) is 24.2. The Bertz CT molecular complexity index is 2960. The minimum Gasteiger partial charge on any atom is -0.444 e. The van der Waals surface area contributed by atoms with Crippen LogP contribution < -0.4 is 10.6 Å². The highest BCUT2D eigenvalue weighted by Gasteiger charge is 2.42. The summed E-state index contributed by atoms with van der Waals surface area (Å²) in [6.07, 6.45) is -7.96. The van der Waals surface area contributed by atoms with Crippen molar-refractivity contribution in [3.63, 3.8) is 0 Å². The average molecular weight is 1050 g/mol. The molecule has 20 heteroatoms. The number of halogens is 6. The smallest absolute Gasteiger partial charge is 0.416 e. The van der Waals surface area contributed by atoms with Crippen molar-refractivity contribution < 1.29 is 50.2 Å². The van der Waals surface area contributed by atoms with Crippen LogP contribution >= 0.6 is 0 Å². The van der Waals surface area contributed by atoms with Gasteiger partial charge in [0, 0.05) is 83.9 Å². The van der Waals surface area contributed by atoms with E-state index < -0.39 is 37.4 Å². The fraction of sp³-hybridized carbons (Fsp3) is 0.407. The summed E-state index contributed by atoms with van der Waals surface area (Å²) in [6.45, 7) is 22.0. The van der Waals surface area contributed by atoms with Gasteiger partial charge in [-0.2, -0.15) is 26.3 Å². The Labute approximate surface area is 427 Å². The van der Waals surface area contributed by atoms with E-state index in [-0.39, 0.29) is 47.6 Å². The van der Waals surface area contributed by atoms with Gasteiger partial charge in [-0.15, -0.1) is 20.4 Å². The highest BCUT2D eigenvalue weighted by Crippen LogP contribution is 2.39. The number of likely N-dealkylation sites (tertiary alicyclic amines) is 2. The number of amides is 2. The topological polar surface area (TPSA) is 155 Å². The number of carbonyl (C=O) groups excluding carboxylic acids is 2. The van der Waals surface area contributed by atoms with Gasteiger partial charge in [0.15, 0.2) is 20.0 Å². The molecular weight excluding hydrogens is 983 g/mol. The third-order valence-electron chi connectivity index (χ3n) is 13.7. The van der Waals surface area contributed by atoms with Gasteiger partial charge in [-0.25, -0.2) is 4.79 Å². The lowest BCUT2D eigenvalue weighted by molar-refractivity contribution is -0.138. The van der Waals surface area contributed by atoms with Crippen LogP contribution in [0.1, 0.15) is 52.7 Å². The SMILES string of the molecule is C=CC(=O)N1C[C@H](CO)[C@H](Nc2nnc(-c3ccc(C(F)(F)F)cc3)c3ccccc23)C1.CC(C)(C)OC(=O)N1C[C@H](CO[Si](C)(C)C(C)(C)C)[C@H](Nc2nnc(-c3ccc(C(F)(F)F)cc3)c3ccccc23)C1. The maximum absolute atomic E-state index is 13.1. The van der Waals surface area contributed by atoms with Gasteiger partial charge in [-0.05, 0) is 69.2 Å². The molecule has 2 aliphatic heterocycles. The Kier molecular flexibility index (Phi) is 16.1. The van der Waals surface area contributed by atoms with Gasteiger partial charge in [-0.3, -0.25) is 4.79 Å². The monoisotopic (exact) mass is 1040 g/mol. The molecule has 0 aliphatic carbocycles. The highest BCUT2D eigenvalue weighted by atomic mass is 28.4. The van der Waals surface area contributed by atoms with Gasteiger partial charge in [0.25, 0.3) is 0 Å². The van der Waals surface area contributed by atoms with E-state index in [2.05, 4.69) is 71.5 Å². The van der Waals surface area contributed by atoms with Gasteiger partial charge in [0.2, 0.25) is 5.91 Å². The van der Waals surface area contributed by atoms with Crippen LogP contribution in [-0.4, -0.2) is 113 Å². The number of aromatic nitrogens is 4. The van der Waals surface area contributed by atoms with Gasteiger partial charge in [0.1, 0.15) is 17.0 Å². The first-order valence-corrected chi connectivity index (χ1v) is 27.1. The maximum atomic E-state index is 13.1. The molecule has 2 saturated heterocycles. The number of rotatable bonds is 11. The Balaban J connectivity index is 0.000000224. The van der Waals surface area contributed by atoms with Crippen LogP contribution in [0.3, 0.4) is 0 Å². The molecule has 8 rings (SSSR count).